The van der Waals surface area contributed by atoms with Crippen LogP contribution in [0.1, 0.15) is 46.1 Å². The lowest BCUT2D eigenvalue weighted by molar-refractivity contribution is 0.289. The van der Waals surface area contributed by atoms with E-state index in [9.17, 15) is 0 Å². The predicted molar refractivity (Wildman–Crippen MR) is 95.3 cm³/mol. The summed E-state index contributed by atoms with van der Waals surface area (Å²) in [6.07, 6.45) is 2.34. The number of nitrogens with one attached hydrogen (secondary N) is 1. The van der Waals surface area contributed by atoms with Gasteiger partial charge < -0.3 is 10.1 Å². The van der Waals surface area contributed by atoms with E-state index in [0.29, 0.717) is 12.0 Å². The average Bonchev–Trinajstić information content (AvgIpc) is 2.46. The monoisotopic (exact) mass is 309 g/mol. The summed E-state index contributed by atoms with van der Waals surface area (Å²) in [5.41, 5.74) is 1.32. The number of ether oxygens (including phenoxy) is 1. The van der Waals surface area contributed by atoms with Crippen LogP contribution in [-0.4, -0.2) is 24.2 Å². The lowest BCUT2D eigenvalue weighted by Gasteiger charge is -2.14. The third-order valence-corrected chi connectivity index (χ3v) is 4.37. The summed E-state index contributed by atoms with van der Waals surface area (Å²) >= 11 is 2.01. The number of rotatable bonds is 11. The third-order valence-electron chi connectivity index (χ3n) is 3.44. The second kappa shape index (κ2) is 11.0. The van der Waals surface area contributed by atoms with Gasteiger partial charge in [0.1, 0.15) is 5.75 Å². The van der Waals surface area contributed by atoms with Crippen molar-refractivity contribution in [1.29, 1.82) is 0 Å². The molecule has 0 aliphatic rings. The number of hydrogen-bond acceptors (Lipinski definition) is 3. The lowest BCUT2D eigenvalue weighted by Crippen LogP contribution is -2.25. The van der Waals surface area contributed by atoms with Gasteiger partial charge in [0.15, 0.2) is 0 Å². The molecule has 0 spiro atoms. The largest absolute Gasteiger partial charge is 0.494 e. The van der Waals surface area contributed by atoms with E-state index in [2.05, 4.69) is 57.3 Å². The van der Waals surface area contributed by atoms with Crippen LogP contribution in [0.5, 0.6) is 5.75 Å². The normalized spacial score (nSPS) is 12.6. The summed E-state index contributed by atoms with van der Waals surface area (Å²) in [6.45, 7) is 10.7. The molecule has 3 heteroatoms. The van der Waals surface area contributed by atoms with Gasteiger partial charge in [-0.25, -0.2) is 0 Å². The van der Waals surface area contributed by atoms with Crippen molar-refractivity contribution in [3.8, 4) is 5.75 Å². The van der Waals surface area contributed by atoms with Crippen molar-refractivity contribution in [2.75, 3.05) is 18.1 Å². The van der Waals surface area contributed by atoms with Crippen molar-refractivity contribution in [1.82, 2.24) is 5.32 Å². The average molecular weight is 310 g/mol. The molecule has 1 aromatic rings. The molecule has 21 heavy (non-hydrogen) atoms. The van der Waals surface area contributed by atoms with Gasteiger partial charge in [-0.15, -0.1) is 0 Å². The fraction of sp³-hybridized carbons (Fsp3) is 0.667. The summed E-state index contributed by atoms with van der Waals surface area (Å²) in [4.78, 5) is 0. The van der Waals surface area contributed by atoms with Gasteiger partial charge in [-0.1, -0.05) is 32.9 Å². The predicted octanol–water partition coefficient (Wildman–Crippen LogP) is 4.73. The molecule has 0 saturated heterocycles. The lowest BCUT2D eigenvalue weighted by atomic mass is 10.1. The molecule has 1 aromatic carbocycles. The highest BCUT2D eigenvalue weighted by Gasteiger charge is 2.02. The summed E-state index contributed by atoms with van der Waals surface area (Å²) in [7, 11) is 0. The quantitative estimate of drug-likeness (QED) is 0.597. The smallest absolute Gasteiger partial charge is 0.119 e. The summed E-state index contributed by atoms with van der Waals surface area (Å²) in [5, 5.41) is 3.58. The fourth-order valence-corrected chi connectivity index (χ4v) is 2.72. The molecule has 0 heterocycles. The molecule has 0 saturated carbocycles. The number of benzene rings is 1. The Morgan fingerprint density at radius 2 is 1.81 bits per heavy atom. The van der Waals surface area contributed by atoms with E-state index in [0.717, 1.165) is 25.3 Å². The molecule has 0 aliphatic carbocycles. The number of thioether (sulfide) groups is 1. The zero-order chi connectivity index (χ0) is 15.5. The molecule has 0 aliphatic heterocycles. The van der Waals surface area contributed by atoms with Crippen LogP contribution in [0.3, 0.4) is 0 Å². The Labute approximate surface area is 135 Å². The Morgan fingerprint density at radius 1 is 1.10 bits per heavy atom. The Balaban J connectivity index is 2.24. The van der Waals surface area contributed by atoms with Gasteiger partial charge in [-0.2, -0.15) is 11.8 Å². The summed E-state index contributed by atoms with van der Waals surface area (Å²) in [6, 6.07) is 9.05. The maximum atomic E-state index is 5.74. The molecule has 1 N–H and O–H groups in total. The van der Waals surface area contributed by atoms with Crippen molar-refractivity contribution >= 4 is 11.8 Å². The van der Waals surface area contributed by atoms with Gasteiger partial charge in [-0.3, -0.25) is 0 Å². The first-order chi connectivity index (χ1) is 10.1. The molecule has 0 amide bonds. The second-order valence-corrected chi connectivity index (χ2v) is 7.34. The van der Waals surface area contributed by atoms with Crippen LogP contribution < -0.4 is 10.1 Å². The second-order valence-electron chi connectivity index (χ2n) is 5.94. The minimum absolute atomic E-state index is 0.575. The topological polar surface area (TPSA) is 21.3 Å². The first-order valence-corrected chi connectivity index (χ1v) is 9.30. The Bertz CT molecular complexity index is 364. The molecule has 1 unspecified atom stereocenters. The van der Waals surface area contributed by atoms with Gasteiger partial charge in [0, 0.05) is 12.6 Å². The minimum Gasteiger partial charge on any atom is -0.494 e. The van der Waals surface area contributed by atoms with E-state index in [-0.39, 0.29) is 0 Å². The first kappa shape index (κ1) is 18.4. The molecule has 0 aromatic heterocycles. The fourth-order valence-electron chi connectivity index (χ4n) is 1.91. The maximum absolute atomic E-state index is 5.74. The summed E-state index contributed by atoms with van der Waals surface area (Å²) < 4.78 is 5.74. The van der Waals surface area contributed by atoms with E-state index < -0.39 is 0 Å². The standard InChI is InChI=1S/C18H31NOS/c1-5-21-13-11-16(4)19-14-17-6-8-18(9-7-17)20-12-10-15(2)3/h6-9,15-16,19H,5,10-14H2,1-4H3. The minimum atomic E-state index is 0.575. The van der Waals surface area contributed by atoms with E-state index >= 15 is 0 Å². The van der Waals surface area contributed by atoms with Crippen LogP contribution in [0.4, 0.5) is 0 Å². The molecule has 0 radical (unpaired) electrons. The molecule has 1 atom stereocenters. The van der Waals surface area contributed by atoms with E-state index in [1.165, 1.54) is 23.5 Å². The molecule has 0 bridgehead atoms. The van der Waals surface area contributed by atoms with Crippen molar-refractivity contribution in [2.45, 2.75) is 53.1 Å². The van der Waals surface area contributed by atoms with E-state index in [1.807, 2.05) is 11.8 Å². The van der Waals surface area contributed by atoms with Gasteiger partial charge in [0.05, 0.1) is 6.61 Å². The van der Waals surface area contributed by atoms with Gasteiger partial charge in [0.2, 0.25) is 0 Å². The van der Waals surface area contributed by atoms with Crippen molar-refractivity contribution < 1.29 is 4.74 Å². The zero-order valence-corrected chi connectivity index (χ0v) is 14.8. The first-order valence-electron chi connectivity index (χ1n) is 8.14. The highest BCUT2D eigenvalue weighted by molar-refractivity contribution is 7.99. The summed E-state index contributed by atoms with van der Waals surface area (Å²) in [5.74, 6) is 4.13. The molecule has 120 valence electrons. The van der Waals surface area contributed by atoms with Crippen molar-refractivity contribution in [3.63, 3.8) is 0 Å². The van der Waals surface area contributed by atoms with Crippen molar-refractivity contribution in [2.24, 2.45) is 5.92 Å². The molecule has 2 nitrogen and oxygen atoms in total. The molecule has 1 rings (SSSR count). The van der Waals surface area contributed by atoms with Gasteiger partial charge in [-0.05, 0) is 54.9 Å². The highest BCUT2D eigenvalue weighted by Crippen LogP contribution is 2.13. The molecular formula is C18H31NOS. The molecular weight excluding hydrogens is 278 g/mol. The number of hydrogen-bond donors (Lipinski definition) is 1. The SMILES string of the molecule is CCSCCC(C)NCc1ccc(OCCC(C)C)cc1. The van der Waals surface area contributed by atoms with Gasteiger partial charge in [0.25, 0.3) is 0 Å². The Kier molecular flexibility index (Phi) is 9.60. The van der Waals surface area contributed by atoms with Crippen LogP contribution in [0.2, 0.25) is 0 Å². The van der Waals surface area contributed by atoms with Crippen LogP contribution in [0.25, 0.3) is 0 Å². The van der Waals surface area contributed by atoms with Crippen LogP contribution in [-0.2, 0) is 6.54 Å². The zero-order valence-electron chi connectivity index (χ0n) is 14.0. The van der Waals surface area contributed by atoms with Crippen LogP contribution in [0.15, 0.2) is 24.3 Å². The molecule has 0 fully saturated rings. The van der Waals surface area contributed by atoms with Crippen LogP contribution in [0, 0.1) is 5.92 Å². The third kappa shape index (κ3) is 9.05. The maximum Gasteiger partial charge on any atom is 0.119 e. The van der Waals surface area contributed by atoms with E-state index in [1.54, 1.807) is 0 Å². The van der Waals surface area contributed by atoms with E-state index in [4.69, 9.17) is 4.74 Å². The van der Waals surface area contributed by atoms with Crippen molar-refractivity contribution in [3.05, 3.63) is 29.8 Å². The van der Waals surface area contributed by atoms with Gasteiger partial charge >= 0.3 is 0 Å². The van der Waals surface area contributed by atoms with Crippen LogP contribution >= 0.6 is 11.8 Å². The Hall–Kier alpha value is -0.670. The highest BCUT2D eigenvalue weighted by atomic mass is 32.2. The Morgan fingerprint density at radius 3 is 2.43 bits per heavy atom.